The minimum Gasteiger partial charge on any atom is -0.356 e. The predicted octanol–water partition coefficient (Wildman–Crippen LogP) is 2.23. The van der Waals surface area contributed by atoms with Gasteiger partial charge in [0.05, 0.1) is 0 Å². The molecule has 2 aliphatic rings. The minimum atomic E-state index is -0.752. The van der Waals surface area contributed by atoms with Crippen molar-refractivity contribution < 1.29 is 9.59 Å². The van der Waals surface area contributed by atoms with Crippen molar-refractivity contribution in [1.29, 1.82) is 0 Å². The van der Waals surface area contributed by atoms with E-state index in [0.29, 0.717) is 31.3 Å². The number of carbonyl (C=O) groups excluding carboxylic acids is 2. The summed E-state index contributed by atoms with van der Waals surface area (Å²) in [6.07, 6.45) is 7.71. The zero-order valence-electron chi connectivity index (χ0n) is 16.8. The molecular weight excluding hydrogens is 330 g/mol. The van der Waals surface area contributed by atoms with E-state index in [1.54, 1.807) is 14.0 Å². The largest absolute Gasteiger partial charge is 0.356 e. The van der Waals surface area contributed by atoms with Crippen molar-refractivity contribution in [3.05, 3.63) is 0 Å². The van der Waals surface area contributed by atoms with E-state index in [1.165, 1.54) is 37.0 Å². The molecule has 3 N–H and O–H groups in total. The third kappa shape index (κ3) is 4.48. The molecule has 0 aromatic rings. The molecule has 2 fully saturated rings. The second-order valence-corrected chi connectivity index (χ2v) is 7.84. The number of rotatable bonds is 8. The van der Waals surface area contributed by atoms with Gasteiger partial charge in [-0.1, -0.05) is 26.7 Å². The van der Waals surface area contributed by atoms with Gasteiger partial charge in [0, 0.05) is 26.7 Å². The molecule has 0 bridgehead atoms. The van der Waals surface area contributed by atoms with E-state index in [-0.39, 0.29) is 11.9 Å². The summed E-state index contributed by atoms with van der Waals surface area (Å²) in [7, 11) is 1.77. The predicted molar refractivity (Wildman–Crippen MR) is 104 cm³/mol. The lowest BCUT2D eigenvalue weighted by molar-refractivity contribution is -0.130. The van der Waals surface area contributed by atoms with E-state index in [9.17, 15) is 9.59 Å². The molecule has 26 heavy (non-hydrogen) atoms. The zero-order chi connectivity index (χ0) is 19.2. The molecule has 1 unspecified atom stereocenters. The Bertz CT molecular complexity index is 542. The van der Waals surface area contributed by atoms with Crippen LogP contribution in [0, 0.1) is 5.41 Å². The highest BCUT2D eigenvalue weighted by atomic mass is 16.2. The normalized spacial score (nSPS) is 25.5. The molecule has 1 aliphatic carbocycles. The van der Waals surface area contributed by atoms with Gasteiger partial charge in [0.25, 0.3) is 5.91 Å². The van der Waals surface area contributed by atoms with Crippen LogP contribution in [0.25, 0.3) is 0 Å². The van der Waals surface area contributed by atoms with Gasteiger partial charge in [-0.3, -0.25) is 14.7 Å². The van der Waals surface area contributed by atoms with Crippen molar-refractivity contribution >= 4 is 17.9 Å². The first-order valence-electron chi connectivity index (χ1n) is 9.98. The maximum Gasteiger partial charge on any atom is 0.325 e. The van der Waals surface area contributed by atoms with E-state index in [4.69, 9.17) is 0 Å². The Morgan fingerprint density at radius 1 is 1.19 bits per heavy atom. The summed E-state index contributed by atoms with van der Waals surface area (Å²) in [6.45, 7) is 7.99. The SMILES string of the molecule is CCC1(CNC(=NC)NCCCN2C(=O)NC(C)(CC)C2=O)CCCC1. The van der Waals surface area contributed by atoms with E-state index in [0.717, 1.165) is 12.5 Å². The summed E-state index contributed by atoms with van der Waals surface area (Å²) < 4.78 is 0. The van der Waals surface area contributed by atoms with Crippen LogP contribution < -0.4 is 16.0 Å². The Morgan fingerprint density at radius 3 is 2.42 bits per heavy atom. The molecule has 0 radical (unpaired) electrons. The summed E-state index contributed by atoms with van der Waals surface area (Å²) in [6, 6.07) is -0.284. The maximum absolute atomic E-state index is 12.4. The van der Waals surface area contributed by atoms with Crippen LogP contribution in [0.3, 0.4) is 0 Å². The number of amides is 3. The van der Waals surface area contributed by atoms with Gasteiger partial charge in [-0.25, -0.2) is 4.79 Å². The van der Waals surface area contributed by atoms with Crippen molar-refractivity contribution in [1.82, 2.24) is 20.9 Å². The molecule has 148 valence electrons. The number of carbonyl (C=O) groups is 2. The molecule has 1 saturated carbocycles. The highest BCUT2D eigenvalue weighted by Gasteiger charge is 2.45. The van der Waals surface area contributed by atoms with Crippen LogP contribution in [-0.2, 0) is 4.79 Å². The summed E-state index contributed by atoms with van der Waals surface area (Å²) in [5, 5.41) is 9.53. The lowest BCUT2D eigenvalue weighted by Gasteiger charge is -2.28. The molecule has 0 aromatic heterocycles. The smallest absolute Gasteiger partial charge is 0.325 e. The second kappa shape index (κ2) is 8.73. The summed E-state index contributed by atoms with van der Waals surface area (Å²) in [5.41, 5.74) is -0.347. The Hall–Kier alpha value is -1.79. The molecule has 0 spiro atoms. The Kier molecular flexibility index (Phi) is 6.89. The monoisotopic (exact) mass is 365 g/mol. The third-order valence-corrected chi connectivity index (χ3v) is 6.17. The van der Waals surface area contributed by atoms with E-state index in [1.807, 2.05) is 6.92 Å². The van der Waals surface area contributed by atoms with Crippen molar-refractivity contribution in [3.63, 3.8) is 0 Å². The molecule has 1 saturated heterocycles. The van der Waals surface area contributed by atoms with Crippen molar-refractivity contribution in [2.45, 2.75) is 71.3 Å². The fourth-order valence-corrected chi connectivity index (χ4v) is 3.91. The standard InChI is InChI=1S/C19H35N5O2/c1-5-18(3)15(25)24(17(26)23-18)13-9-12-21-16(20-4)22-14-19(6-2)10-7-8-11-19/h5-14H2,1-4H3,(H,23,26)(H2,20,21,22). The van der Waals surface area contributed by atoms with E-state index in [2.05, 4.69) is 27.9 Å². The first-order valence-corrected chi connectivity index (χ1v) is 9.98. The van der Waals surface area contributed by atoms with Crippen LogP contribution in [0.15, 0.2) is 4.99 Å². The van der Waals surface area contributed by atoms with Gasteiger partial charge >= 0.3 is 6.03 Å². The van der Waals surface area contributed by atoms with Gasteiger partial charge in [0.1, 0.15) is 5.54 Å². The molecule has 1 atom stereocenters. The fraction of sp³-hybridized carbons (Fsp3) is 0.842. The third-order valence-electron chi connectivity index (χ3n) is 6.17. The first-order chi connectivity index (χ1) is 12.4. The number of hydrogen-bond donors (Lipinski definition) is 3. The quantitative estimate of drug-likeness (QED) is 0.266. The van der Waals surface area contributed by atoms with Gasteiger partial charge in [0.2, 0.25) is 0 Å². The molecule has 1 heterocycles. The van der Waals surface area contributed by atoms with Crippen LogP contribution in [0.2, 0.25) is 0 Å². The summed E-state index contributed by atoms with van der Waals surface area (Å²) >= 11 is 0. The minimum absolute atomic E-state index is 0.126. The van der Waals surface area contributed by atoms with Crippen LogP contribution >= 0.6 is 0 Å². The number of hydrogen-bond acceptors (Lipinski definition) is 3. The number of nitrogens with one attached hydrogen (secondary N) is 3. The highest BCUT2D eigenvalue weighted by molar-refractivity contribution is 6.06. The first kappa shape index (κ1) is 20.5. The number of aliphatic imine (C=N–C) groups is 1. The Balaban J connectivity index is 1.73. The van der Waals surface area contributed by atoms with E-state index >= 15 is 0 Å². The highest BCUT2D eigenvalue weighted by Crippen LogP contribution is 2.40. The molecule has 2 rings (SSSR count). The van der Waals surface area contributed by atoms with Crippen LogP contribution in [0.4, 0.5) is 4.79 Å². The Labute approximate surface area is 157 Å². The molecule has 3 amide bonds. The zero-order valence-corrected chi connectivity index (χ0v) is 16.8. The molecule has 1 aliphatic heterocycles. The van der Waals surface area contributed by atoms with Gasteiger partial charge in [-0.2, -0.15) is 0 Å². The van der Waals surface area contributed by atoms with Gasteiger partial charge in [-0.15, -0.1) is 0 Å². The van der Waals surface area contributed by atoms with Crippen molar-refractivity contribution in [3.8, 4) is 0 Å². The summed E-state index contributed by atoms with van der Waals surface area (Å²) in [5.74, 6) is 0.666. The number of imide groups is 1. The molecule has 7 nitrogen and oxygen atoms in total. The number of nitrogens with zero attached hydrogens (tertiary/aromatic N) is 2. The molecular formula is C19H35N5O2. The Morgan fingerprint density at radius 2 is 1.88 bits per heavy atom. The average molecular weight is 366 g/mol. The van der Waals surface area contributed by atoms with Crippen LogP contribution in [0.5, 0.6) is 0 Å². The van der Waals surface area contributed by atoms with Crippen molar-refractivity contribution in [2.75, 3.05) is 26.7 Å². The summed E-state index contributed by atoms with van der Waals surface area (Å²) in [4.78, 5) is 30.0. The fourth-order valence-electron chi connectivity index (χ4n) is 3.91. The van der Waals surface area contributed by atoms with Crippen molar-refractivity contribution in [2.24, 2.45) is 10.4 Å². The second-order valence-electron chi connectivity index (χ2n) is 7.84. The molecule has 7 heteroatoms. The van der Waals surface area contributed by atoms with Crippen LogP contribution in [0.1, 0.15) is 65.7 Å². The number of guanidine groups is 1. The average Bonchev–Trinajstić information content (AvgIpc) is 3.20. The topological polar surface area (TPSA) is 85.8 Å². The lowest BCUT2D eigenvalue weighted by Crippen LogP contribution is -2.44. The van der Waals surface area contributed by atoms with Gasteiger partial charge in [-0.05, 0) is 44.4 Å². The van der Waals surface area contributed by atoms with Gasteiger partial charge < -0.3 is 16.0 Å². The van der Waals surface area contributed by atoms with Gasteiger partial charge in [0.15, 0.2) is 5.96 Å². The molecule has 0 aromatic carbocycles. The van der Waals surface area contributed by atoms with E-state index < -0.39 is 5.54 Å². The number of urea groups is 1. The lowest BCUT2D eigenvalue weighted by atomic mass is 9.83. The van der Waals surface area contributed by atoms with Crippen LogP contribution in [-0.4, -0.2) is 55.0 Å². The maximum atomic E-state index is 12.4.